The van der Waals surface area contributed by atoms with E-state index in [-0.39, 0.29) is 11.4 Å². The van der Waals surface area contributed by atoms with Crippen LogP contribution in [0, 0.1) is 18.6 Å². The fourth-order valence-corrected chi connectivity index (χ4v) is 3.08. The molecule has 0 saturated carbocycles. The highest BCUT2D eigenvalue weighted by atomic mass is 79.9. The van der Waals surface area contributed by atoms with Crippen molar-refractivity contribution in [2.24, 2.45) is 0 Å². The van der Waals surface area contributed by atoms with Gasteiger partial charge in [-0.15, -0.1) is 0 Å². The SMILES string of the molecule is Cc1cc(NC(=O)Nc2ccc(F)cc2F)c(=O)n(Cc2ccccc2Br)c1. The van der Waals surface area contributed by atoms with E-state index in [0.717, 1.165) is 27.7 Å². The van der Waals surface area contributed by atoms with E-state index in [1.165, 1.54) is 10.6 Å². The van der Waals surface area contributed by atoms with E-state index < -0.39 is 23.2 Å². The van der Waals surface area contributed by atoms with E-state index in [0.29, 0.717) is 12.6 Å². The molecule has 2 aromatic carbocycles. The predicted octanol–water partition coefficient (Wildman–Crippen LogP) is 4.89. The van der Waals surface area contributed by atoms with Crippen molar-refractivity contribution in [3.8, 4) is 0 Å². The molecule has 2 N–H and O–H groups in total. The van der Waals surface area contributed by atoms with Gasteiger partial charge in [-0.2, -0.15) is 0 Å². The van der Waals surface area contributed by atoms with Crippen molar-refractivity contribution < 1.29 is 13.6 Å². The molecule has 0 aliphatic carbocycles. The molecule has 0 aliphatic rings. The van der Waals surface area contributed by atoms with Crippen LogP contribution in [-0.2, 0) is 6.54 Å². The maximum Gasteiger partial charge on any atom is 0.323 e. The lowest BCUT2D eigenvalue weighted by Crippen LogP contribution is -2.29. The van der Waals surface area contributed by atoms with Gasteiger partial charge in [0.05, 0.1) is 12.2 Å². The molecule has 0 spiro atoms. The van der Waals surface area contributed by atoms with Gasteiger partial charge in [-0.05, 0) is 42.3 Å². The Balaban J connectivity index is 1.82. The van der Waals surface area contributed by atoms with Gasteiger partial charge in [0.1, 0.15) is 17.3 Å². The molecule has 0 aliphatic heterocycles. The third-order valence-corrected chi connectivity index (χ3v) is 4.72. The first-order valence-corrected chi connectivity index (χ1v) is 9.10. The number of urea groups is 1. The normalized spacial score (nSPS) is 10.6. The Morgan fingerprint density at radius 3 is 2.50 bits per heavy atom. The van der Waals surface area contributed by atoms with Crippen LogP contribution in [0.3, 0.4) is 0 Å². The van der Waals surface area contributed by atoms with Crippen LogP contribution in [-0.4, -0.2) is 10.6 Å². The Labute approximate surface area is 168 Å². The van der Waals surface area contributed by atoms with Gasteiger partial charge in [0.2, 0.25) is 0 Å². The van der Waals surface area contributed by atoms with Gasteiger partial charge in [0.25, 0.3) is 5.56 Å². The zero-order valence-electron chi connectivity index (χ0n) is 14.8. The highest BCUT2D eigenvalue weighted by Crippen LogP contribution is 2.18. The summed E-state index contributed by atoms with van der Waals surface area (Å²) in [6.07, 6.45) is 1.69. The number of aromatic nitrogens is 1. The summed E-state index contributed by atoms with van der Waals surface area (Å²) < 4.78 is 29.0. The molecule has 8 heteroatoms. The van der Waals surface area contributed by atoms with Crippen LogP contribution < -0.4 is 16.2 Å². The molecule has 0 atom stereocenters. The van der Waals surface area contributed by atoms with Crippen molar-refractivity contribution in [1.82, 2.24) is 4.57 Å². The van der Waals surface area contributed by atoms with Crippen molar-refractivity contribution in [1.29, 1.82) is 0 Å². The minimum absolute atomic E-state index is 0.0482. The Morgan fingerprint density at radius 2 is 1.79 bits per heavy atom. The first-order chi connectivity index (χ1) is 13.3. The molecule has 3 rings (SSSR count). The van der Waals surface area contributed by atoms with Crippen LogP contribution >= 0.6 is 15.9 Å². The number of carbonyl (C=O) groups is 1. The maximum absolute atomic E-state index is 13.7. The largest absolute Gasteiger partial charge is 0.323 e. The van der Waals surface area contributed by atoms with Crippen LogP contribution in [0.5, 0.6) is 0 Å². The summed E-state index contributed by atoms with van der Waals surface area (Å²) in [6, 6.07) is 11.0. The van der Waals surface area contributed by atoms with Gasteiger partial charge in [-0.25, -0.2) is 13.6 Å². The molecular formula is C20H16BrF2N3O2. The number of anilines is 2. The third kappa shape index (κ3) is 4.64. The summed E-state index contributed by atoms with van der Waals surface area (Å²) in [7, 11) is 0. The molecule has 5 nitrogen and oxygen atoms in total. The standard InChI is InChI=1S/C20H16BrF2N3O2/c1-12-8-18(25-20(28)24-17-7-6-14(22)9-16(17)23)19(27)26(10-12)11-13-4-2-3-5-15(13)21/h2-10H,11H2,1H3,(H2,24,25,28). The zero-order chi connectivity index (χ0) is 20.3. The highest BCUT2D eigenvalue weighted by Gasteiger charge is 2.12. The summed E-state index contributed by atoms with van der Waals surface area (Å²) in [4.78, 5) is 24.9. The minimum Gasteiger partial charge on any atom is -0.309 e. The maximum atomic E-state index is 13.7. The van der Waals surface area contributed by atoms with Crippen molar-refractivity contribution in [2.45, 2.75) is 13.5 Å². The van der Waals surface area contributed by atoms with Crippen molar-refractivity contribution in [3.63, 3.8) is 0 Å². The average Bonchev–Trinajstić information content (AvgIpc) is 2.63. The fraction of sp³-hybridized carbons (Fsp3) is 0.100. The number of rotatable bonds is 4. The number of benzene rings is 2. The first kappa shape index (κ1) is 19.8. The second-order valence-electron chi connectivity index (χ2n) is 6.16. The summed E-state index contributed by atoms with van der Waals surface area (Å²) in [5, 5.41) is 4.69. The van der Waals surface area contributed by atoms with E-state index in [1.807, 2.05) is 24.3 Å². The Kier molecular flexibility index (Phi) is 5.89. The second kappa shape index (κ2) is 8.35. The Morgan fingerprint density at radius 1 is 1.07 bits per heavy atom. The number of carbonyl (C=O) groups excluding carboxylic acids is 1. The monoisotopic (exact) mass is 447 g/mol. The lowest BCUT2D eigenvalue weighted by atomic mass is 10.2. The second-order valence-corrected chi connectivity index (χ2v) is 7.01. The number of nitrogens with one attached hydrogen (secondary N) is 2. The quantitative estimate of drug-likeness (QED) is 0.597. The molecule has 1 heterocycles. The fourth-order valence-electron chi connectivity index (χ4n) is 2.67. The molecule has 1 aromatic heterocycles. The van der Waals surface area contributed by atoms with E-state index in [9.17, 15) is 18.4 Å². The van der Waals surface area contributed by atoms with Gasteiger partial charge < -0.3 is 15.2 Å². The Bertz CT molecular complexity index is 1100. The molecule has 0 radical (unpaired) electrons. The summed E-state index contributed by atoms with van der Waals surface area (Å²) in [5.41, 5.74) is 1.11. The van der Waals surface area contributed by atoms with Crippen LogP contribution in [0.2, 0.25) is 0 Å². The summed E-state index contributed by atoms with van der Waals surface area (Å²) >= 11 is 3.45. The molecular weight excluding hydrogens is 432 g/mol. The number of pyridine rings is 1. The highest BCUT2D eigenvalue weighted by molar-refractivity contribution is 9.10. The number of halogens is 3. The molecule has 28 heavy (non-hydrogen) atoms. The van der Waals surface area contributed by atoms with Gasteiger partial charge in [-0.3, -0.25) is 4.79 Å². The van der Waals surface area contributed by atoms with E-state index in [1.54, 1.807) is 13.1 Å². The van der Waals surface area contributed by atoms with Crippen molar-refractivity contribution in [2.75, 3.05) is 10.6 Å². The number of nitrogens with zero attached hydrogens (tertiary/aromatic N) is 1. The number of aryl methyl sites for hydroxylation is 1. The topological polar surface area (TPSA) is 63.1 Å². The van der Waals surface area contributed by atoms with Crippen LogP contribution in [0.25, 0.3) is 0 Å². The molecule has 0 fully saturated rings. The average molecular weight is 448 g/mol. The Hall–Kier alpha value is -3.00. The van der Waals surface area contributed by atoms with Gasteiger partial charge in [0, 0.05) is 16.7 Å². The molecule has 3 aromatic rings. The van der Waals surface area contributed by atoms with E-state index in [2.05, 4.69) is 26.6 Å². The zero-order valence-corrected chi connectivity index (χ0v) is 16.4. The smallest absolute Gasteiger partial charge is 0.309 e. The van der Waals surface area contributed by atoms with Gasteiger partial charge >= 0.3 is 6.03 Å². The molecule has 0 saturated heterocycles. The molecule has 0 bridgehead atoms. The van der Waals surface area contributed by atoms with Crippen molar-refractivity contribution >= 4 is 33.3 Å². The number of hydrogen-bond acceptors (Lipinski definition) is 2. The predicted molar refractivity (Wildman–Crippen MR) is 108 cm³/mol. The van der Waals surface area contributed by atoms with Crippen LogP contribution in [0.1, 0.15) is 11.1 Å². The van der Waals surface area contributed by atoms with E-state index >= 15 is 0 Å². The lowest BCUT2D eigenvalue weighted by molar-refractivity contribution is 0.262. The molecule has 144 valence electrons. The third-order valence-electron chi connectivity index (χ3n) is 3.95. The van der Waals surface area contributed by atoms with Crippen LogP contribution in [0.4, 0.5) is 25.0 Å². The van der Waals surface area contributed by atoms with Crippen LogP contribution in [0.15, 0.2) is 64.0 Å². The lowest BCUT2D eigenvalue weighted by Gasteiger charge is -2.13. The summed E-state index contributed by atoms with van der Waals surface area (Å²) in [5.74, 6) is -1.66. The minimum atomic E-state index is -0.911. The number of amides is 2. The van der Waals surface area contributed by atoms with Gasteiger partial charge in [-0.1, -0.05) is 34.1 Å². The van der Waals surface area contributed by atoms with Crippen molar-refractivity contribution in [3.05, 3.63) is 92.3 Å². The molecule has 0 unspecified atom stereocenters. The number of hydrogen-bond donors (Lipinski definition) is 2. The summed E-state index contributed by atoms with van der Waals surface area (Å²) in [6.45, 7) is 2.10. The van der Waals surface area contributed by atoms with Gasteiger partial charge in [0.15, 0.2) is 0 Å². The molecule has 2 amide bonds. The first-order valence-electron chi connectivity index (χ1n) is 8.31. The van der Waals surface area contributed by atoms with E-state index in [4.69, 9.17) is 0 Å².